The van der Waals surface area contributed by atoms with Crippen molar-refractivity contribution in [2.24, 2.45) is 5.73 Å². The largest absolute Gasteiger partial charge is 0.463 e. The molecule has 47 heavy (non-hydrogen) atoms. The summed E-state index contributed by atoms with van der Waals surface area (Å²) in [7, 11) is 0. The predicted molar refractivity (Wildman–Crippen MR) is 144 cm³/mol. The van der Waals surface area contributed by atoms with Crippen molar-refractivity contribution in [1.29, 1.82) is 0 Å². The number of nitrogens with two attached hydrogens (primary N) is 1. The first kappa shape index (κ1) is 38.6. The third-order valence-electron chi connectivity index (χ3n) is 6.12. The molecule has 2 aliphatic rings. The molecule has 2 heterocycles. The molecule has 2 aliphatic heterocycles. The summed E-state index contributed by atoms with van der Waals surface area (Å²) in [4.78, 5) is 96.0. The minimum atomic E-state index is -1.91. The van der Waals surface area contributed by atoms with E-state index >= 15 is 0 Å². The van der Waals surface area contributed by atoms with Crippen LogP contribution < -0.4 is 5.73 Å². The zero-order chi connectivity index (χ0) is 35.6. The van der Waals surface area contributed by atoms with E-state index in [1.807, 2.05) is 0 Å². The molecule has 10 atom stereocenters. The summed E-state index contributed by atoms with van der Waals surface area (Å²) in [5.41, 5.74) is 5.26. The van der Waals surface area contributed by atoms with Crippen LogP contribution in [0.5, 0.6) is 0 Å². The Labute approximate surface area is 267 Å². The molecule has 0 saturated carbocycles. The first-order chi connectivity index (χ1) is 21.9. The molecule has 0 aromatic heterocycles. The van der Waals surface area contributed by atoms with Crippen LogP contribution in [0.25, 0.3) is 0 Å². The van der Waals surface area contributed by atoms with Crippen molar-refractivity contribution < 1.29 is 90.5 Å². The summed E-state index contributed by atoms with van der Waals surface area (Å²) in [5, 5.41) is 0. The number of primary amides is 1. The summed E-state index contributed by atoms with van der Waals surface area (Å²) in [6, 6.07) is 0. The van der Waals surface area contributed by atoms with Crippen molar-refractivity contribution in [3.63, 3.8) is 0 Å². The summed E-state index contributed by atoms with van der Waals surface area (Å²) >= 11 is 0. The number of hydrogen-bond donors (Lipinski definition) is 1. The van der Waals surface area contributed by atoms with Gasteiger partial charge in [-0.25, -0.2) is 4.79 Å². The summed E-state index contributed by atoms with van der Waals surface area (Å²) < 4.78 is 59.6. The standard InChI is InChI=1S/C27H37NO19/c1-10(29)37-8-17-19(39-12(3)31)21(41-14(5)33)24(25(44-17)43-16(7)35)46-26-23(42-15(6)34)22(47-27(28)36)20(40-13(4)32)18(45-26)9-38-11(2)30/h17-26H,8-9H2,1-7H3,(H2,28,36)/t17-,18+,19+,20+,21-,22-,23-,24-,25-,26+/m0/s1. The minimum absolute atomic E-state index is 0.575. The Morgan fingerprint density at radius 2 is 0.809 bits per heavy atom. The minimum Gasteiger partial charge on any atom is -0.463 e. The lowest BCUT2D eigenvalue weighted by molar-refractivity contribution is -0.363. The molecule has 0 aromatic carbocycles. The average Bonchev–Trinajstić information content (AvgIpc) is 2.91. The first-order valence-corrected chi connectivity index (χ1v) is 13.9. The maximum absolute atomic E-state index is 12.3. The highest BCUT2D eigenvalue weighted by Crippen LogP contribution is 2.35. The smallest absolute Gasteiger partial charge is 0.405 e. The van der Waals surface area contributed by atoms with Gasteiger partial charge < -0.3 is 57.8 Å². The van der Waals surface area contributed by atoms with Crippen molar-refractivity contribution in [2.75, 3.05) is 13.2 Å². The highest BCUT2D eigenvalue weighted by Gasteiger charge is 2.58. The fourth-order valence-corrected chi connectivity index (χ4v) is 4.67. The Morgan fingerprint density at radius 3 is 1.19 bits per heavy atom. The second-order valence-electron chi connectivity index (χ2n) is 10.1. The second-order valence-corrected chi connectivity index (χ2v) is 10.1. The van der Waals surface area contributed by atoms with Crippen LogP contribution >= 0.6 is 0 Å². The van der Waals surface area contributed by atoms with Crippen LogP contribution in [-0.2, 0) is 85.7 Å². The number of amides is 1. The van der Waals surface area contributed by atoms with Crippen LogP contribution in [0.3, 0.4) is 0 Å². The van der Waals surface area contributed by atoms with Crippen LogP contribution in [0.15, 0.2) is 0 Å². The van der Waals surface area contributed by atoms with Gasteiger partial charge in [-0.15, -0.1) is 0 Å². The topological polar surface area (TPSA) is 264 Å². The fourth-order valence-electron chi connectivity index (χ4n) is 4.67. The quantitative estimate of drug-likeness (QED) is 0.185. The molecule has 2 N–H and O–H groups in total. The maximum Gasteiger partial charge on any atom is 0.405 e. The molecular formula is C27H37NO19. The lowest BCUT2D eigenvalue weighted by Crippen LogP contribution is -2.67. The lowest BCUT2D eigenvalue weighted by atomic mass is 9.96. The van der Waals surface area contributed by atoms with Gasteiger partial charge in [-0.05, 0) is 0 Å². The summed E-state index contributed by atoms with van der Waals surface area (Å²) in [6.07, 6.45) is -18.3. The molecule has 0 aliphatic carbocycles. The molecular weight excluding hydrogens is 642 g/mol. The predicted octanol–water partition coefficient (Wildman–Crippen LogP) is -1.30. The highest BCUT2D eigenvalue weighted by molar-refractivity contribution is 5.69. The van der Waals surface area contributed by atoms with Gasteiger partial charge in [0.05, 0.1) is 0 Å². The van der Waals surface area contributed by atoms with Gasteiger partial charge in [0.15, 0.2) is 42.9 Å². The van der Waals surface area contributed by atoms with E-state index in [1.54, 1.807) is 0 Å². The number of carbonyl (C=O) groups is 8. The van der Waals surface area contributed by atoms with E-state index in [9.17, 15) is 38.4 Å². The Kier molecular flexibility index (Phi) is 14.3. The number of hydrogen-bond acceptors (Lipinski definition) is 19. The molecule has 2 rings (SSSR count). The van der Waals surface area contributed by atoms with Gasteiger partial charge in [-0.1, -0.05) is 0 Å². The summed E-state index contributed by atoms with van der Waals surface area (Å²) in [5.74, 6) is -6.26. The molecule has 0 unspecified atom stereocenters. The van der Waals surface area contributed by atoms with E-state index in [1.165, 1.54) is 0 Å². The van der Waals surface area contributed by atoms with Crippen LogP contribution in [0.2, 0.25) is 0 Å². The van der Waals surface area contributed by atoms with Crippen LogP contribution in [0, 0.1) is 0 Å². The van der Waals surface area contributed by atoms with Gasteiger partial charge in [-0.2, -0.15) is 0 Å². The van der Waals surface area contributed by atoms with E-state index in [0.717, 1.165) is 48.5 Å². The molecule has 20 nitrogen and oxygen atoms in total. The molecule has 0 aromatic rings. The van der Waals surface area contributed by atoms with Crippen molar-refractivity contribution >= 4 is 47.9 Å². The molecule has 2 saturated heterocycles. The Morgan fingerprint density at radius 1 is 0.447 bits per heavy atom. The van der Waals surface area contributed by atoms with Gasteiger partial charge in [-0.3, -0.25) is 33.6 Å². The fraction of sp³-hybridized carbons (Fsp3) is 0.704. The number of rotatable bonds is 12. The average molecular weight is 680 g/mol. The molecule has 0 spiro atoms. The van der Waals surface area contributed by atoms with E-state index in [4.69, 9.17) is 57.8 Å². The second kappa shape index (κ2) is 17.4. The van der Waals surface area contributed by atoms with Crippen LogP contribution in [0.4, 0.5) is 4.79 Å². The van der Waals surface area contributed by atoms with Gasteiger partial charge in [0, 0.05) is 48.5 Å². The SMILES string of the molecule is CC(=O)OC[C@@H]1O[C@H](OC(C)=O)[C@@H](O[C@H]2O[C@H](COC(C)=O)[C@@H](OC(C)=O)[C@H](OC(N)=O)[C@@H]2OC(C)=O)[C@@H](OC(C)=O)[C@@H]1OC(C)=O. The van der Waals surface area contributed by atoms with Gasteiger partial charge in [0.1, 0.15) is 25.4 Å². The Hall–Kier alpha value is -4.56. The van der Waals surface area contributed by atoms with E-state index in [0.29, 0.717) is 0 Å². The zero-order valence-electron chi connectivity index (χ0n) is 26.5. The van der Waals surface area contributed by atoms with Gasteiger partial charge in [0.2, 0.25) is 6.29 Å². The molecule has 0 bridgehead atoms. The Balaban J connectivity index is 2.72. The first-order valence-electron chi connectivity index (χ1n) is 13.9. The van der Waals surface area contributed by atoms with E-state index in [2.05, 4.69) is 0 Å². The maximum atomic E-state index is 12.3. The third kappa shape index (κ3) is 12.0. The van der Waals surface area contributed by atoms with E-state index < -0.39 is 123 Å². The van der Waals surface area contributed by atoms with Crippen molar-refractivity contribution in [3.05, 3.63) is 0 Å². The summed E-state index contributed by atoms with van der Waals surface area (Å²) in [6.45, 7) is 5.90. The zero-order valence-corrected chi connectivity index (χ0v) is 26.5. The van der Waals surface area contributed by atoms with Gasteiger partial charge in [0.25, 0.3) is 0 Å². The molecule has 1 amide bonds. The monoisotopic (exact) mass is 679 g/mol. The molecule has 20 heteroatoms. The molecule has 2 fully saturated rings. The van der Waals surface area contributed by atoms with Gasteiger partial charge >= 0.3 is 47.9 Å². The van der Waals surface area contributed by atoms with Crippen molar-refractivity contribution in [1.82, 2.24) is 0 Å². The normalized spacial score (nSPS) is 30.0. The lowest BCUT2D eigenvalue weighted by Gasteiger charge is -2.48. The molecule has 264 valence electrons. The van der Waals surface area contributed by atoms with Crippen LogP contribution in [0.1, 0.15) is 48.5 Å². The highest BCUT2D eigenvalue weighted by atomic mass is 16.8. The van der Waals surface area contributed by atoms with Crippen LogP contribution in [-0.4, -0.2) is 123 Å². The number of ether oxygens (including phenoxy) is 11. The van der Waals surface area contributed by atoms with Crippen molar-refractivity contribution in [3.8, 4) is 0 Å². The third-order valence-corrected chi connectivity index (χ3v) is 6.12. The van der Waals surface area contributed by atoms with Crippen molar-refractivity contribution in [2.45, 2.75) is 110 Å². The number of carbonyl (C=O) groups excluding carboxylic acids is 8. The van der Waals surface area contributed by atoms with E-state index in [-0.39, 0.29) is 0 Å². The number of esters is 7. The Bertz CT molecular complexity index is 1200. The molecule has 0 radical (unpaired) electrons.